The van der Waals surface area contributed by atoms with Gasteiger partial charge in [-0.25, -0.2) is 8.78 Å². The summed E-state index contributed by atoms with van der Waals surface area (Å²) in [5.41, 5.74) is -1.73. The molecule has 0 saturated heterocycles. The van der Waals surface area contributed by atoms with Crippen LogP contribution in [0.15, 0.2) is 10.9 Å². The molecule has 0 aromatic carbocycles. The molecule has 1 aromatic rings. The lowest BCUT2D eigenvalue weighted by molar-refractivity contribution is 0.151. The van der Waals surface area contributed by atoms with Crippen LogP contribution in [0.2, 0.25) is 5.02 Å². The fourth-order valence-corrected chi connectivity index (χ4v) is 0.967. The van der Waals surface area contributed by atoms with Gasteiger partial charge in [0.15, 0.2) is 0 Å². The first kappa shape index (κ1) is 9.68. The number of aromatic nitrogens is 1. The summed E-state index contributed by atoms with van der Waals surface area (Å²) in [5.74, 6) is 0. The zero-order valence-electron chi connectivity index (χ0n) is 6.14. The van der Waals surface area contributed by atoms with Gasteiger partial charge in [0.05, 0.1) is 0 Å². The number of nitrogens with one attached hydrogen (secondary N) is 1. The van der Waals surface area contributed by atoms with Gasteiger partial charge < -0.3 is 4.98 Å². The Morgan fingerprint density at radius 1 is 1.62 bits per heavy atom. The van der Waals surface area contributed by atoms with Crippen LogP contribution in [-0.4, -0.2) is 4.98 Å². The van der Waals surface area contributed by atoms with E-state index in [-0.39, 0.29) is 5.69 Å². The van der Waals surface area contributed by atoms with E-state index in [1.807, 2.05) is 4.98 Å². The average molecular weight is 205 g/mol. The van der Waals surface area contributed by atoms with Crippen LogP contribution in [0, 0.1) is 11.3 Å². The molecule has 0 atom stereocenters. The molecule has 3 nitrogen and oxygen atoms in total. The summed E-state index contributed by atoms with van der Waals surface area (Å²) in [6.07, 6.45) is -2.86. The lowest BCUT2D eigenvalue weighted by atomic mass is 10.2. The predicted octanol–water partition coefficient (Wildman–Crippen LogP) is 1.84. The lowest BCUT2D eigenvalue weighted by Gasteiger charge is -2.01. The molecule has 68 valence electrons. The van der Waals surface area contributed by atoms with Crippen LogP contribution in [-0.2, 0) is 0 Å². The molecular formula is C7H3ClF2N2O. The molecule has 1 heterocycles. The highest BCUT2D eigenvalue weighted by molar-refractivity contribution is 6.31. The third kappa shape index (κ3) is 1.84. The van der Waals surface area contributed by atoms with Crippen molar-refractivity contribution < 1.29 is 8.78 Å². The van der Waals surface area contributed by atoms with Gasteiger partial charge in [-0.1, -0.05) is 11.6 Å². The number of aromatic amines is 1. The van der Waals surface area contributed by atoms with E-state index in [4.69, 9.17) is 16.9 Å². The Bertz CT molecular complexity index is 421. The Morgan fingerprint density at radius 2 is 2.23 bits per heavy atom. The molecule has 0 saturated carbocycles. The number of alkyl halides is 2. The van der Waals surface area contributed by atoms with Crippen molar-refractivity contribution in [3.8, 4) is 6.07 Å². The van der Waals surface area contributed by atoms with Crippen molar-refractivity contribution in [2.45, 2.75) is 6.43 Å². The minimum atomic E-state index is -2.86. The quantitative estimate of drug-likeness (QED) is 0.759. The molecule has 1 rings (SSSR count). The van der Waals surface area contributed by atoms with Gasteiger partial charge in [-0.15, -0.1) is 0 Å². The number of nitriles is 1. The predicted molar refractivity (Wildman–Crippen MR) is 41.7 cm³/mol. The first-order chi connectivity index (χ1) is 6.06. The number of nitrogens with zero attached hydrogens (tertiary/aromatic N) is 1. The molecule has 13 heavy (non-hydrogen) atoms. The molecule has 0 aliphatic carbocycles. The van der Waals surface area contributed by atoms with E-state index < -0.39 is 22.6 Å². The summed E-state index contributed by atoms with van der Waals surface area (Å²) in [6, 6.07) is 2.40. The molecule has 6 heteroatoms. The average Bonchev–Trinajstić information content (AvgIpc) is 2.09. The Labute approximate surface area is 76.6 Å². The minimum absolute atomic E-state index is 0.232. The molecule has 0 amide bonds. The maximum atomic E-state index is 12.2. The van der Waals surface area contributed by atoms with E-state index >= 15 is 0 Å². The number of rotatable bonds is 1. The molecule has 0 radical (unpaired) electrons. The first-order valence-corrected chi connectivity index (χ1v) is 3.55. The second-order valence-corrected chi connectivity index (χ2v) is 2.57. The number of hydrogen-bond acceptors (Lipinski definition) is 2. The van der Waals surface area contributed by atoms with Crippen molar-refractivity contribution in [3.63, 3.8) is 0 Å². The second kappa shape index (κ2) is 3.54. The highest BCUT2D eigenvalue weighted by Crippen LogP contribution is 2.23. The van der Waals surface area contributed by atoms with Crippen molar-refractivity contribution in [2.24, 2.45) is 0 Å². The molecule has 0 fully saturated rings. The third-order valence-corrected chi connectivity index (χ3v) is 1.75. The van der Waals surface area contributed by atoms with Gasteiger partial charge >= 0.3 is 0 Å². The van der Waals surface area contributed by atoms with Crippen molar-refractivity contribution in [3.05, 3.63) is 32.7 Å². The molecule has 0 aliphatic rings. The number of pyridine rings is 1. The van der Waals surface area contributed by atoms with Crippen LogP contribution in [0.4, 0.5) is 8.78 Å². The lowest BCUT2D eigenvalue weighted by Crippen LogP contribution is -2.11. The van der Waals surface area contributed by atoms with E-state index in [1.165, 1.54) is 0 Å². The summed E-state index contributed by atoms with van der Waals surface area (Å²) in [4.78, 5) is 12.9. The maximum absolute atomic E-state index is 12.2. The first-order valence-electron chi connectivity index (χ1n) is 3.17. The molecular weight excluding hydrogens is 202 g/mol. The standard InChI is InChI=1S/C7H3ClF2N2O/c8-5-4(6(9)10)1-3(2-11)12-7(5)13/h1,6H,(H,12,13). The monoisotopic (exact) mass is 204 g/mol. The van der Waals surface area contributed by atoms with Crippen molar-refractivity contribution in [1.82, 2.24) is 4.98 Å². The topological polar surface area (TPSA) is 56.6 Å². The van der Waals surface area contributed by atoms with Gasteiger partial charge in [-0.05, 0) is 6.07 Å². The van der Waals surface area contributed by atoms with Gasteiger partial charge in [0, 0.05) is 5.56 Å². The zero-order chi connectivity index (χ0) is 10.0. The minimum Gasteiger partial charge on any atom is -0.312 e. The van der Waals surface area contributed by atoms with E-state index in [0.717, 1.165) is 6.07 Å². The van der Waals surface area contributed by atoms with Gasteiger partial charge in [-0.2, -0.15) is 5.26 Å². The number of halogens is 3. The van der Waals surface area contributed by atoms with Gasteiger partial charge in [-0.3, -0.25) is 4.79 Å². The van der Waals surface area contributed by atoms with Crippen molar-refractivity contribution >= 4 is 11.6 Å². The largest absolute Gasteiger partial charge is 0.312 e. The highest BCUT2D eigenvalue weighted by Gasteiger charge is 2.15. The van der Waals surface area contributed by atoms with E-state index in [0.29, 0.717) is 0 Å². The van der Waals surface area contributed by atoms with Crippen LogP contribution >= 0.6 is 11.6 Å². The Morgan fingerprint density at radius 3 is 2.69 bits per heavy atom. The van der Waals surface area contributed by atoms with Crippen LogP contribution in [0.25, 0.3) is 0 Å². The van der Waals surface area contributed by atoms with Gasteiger partial charge in [0.25, 0.3) is 12.0 Å². The summed E-state index contributed by atoms with van der Waals surface area (Å²) in [7, 11) is 0. The summed E-state index contributed by atoms with van der Waals surface area (Å²) in [6.45, 7) is 0. The van der Waals surface area contributed by atoms with Gasteiger partial charge in [0.1, 0.15) is 16.8 Å². The summed E-state index contributed by atoms with van der Waals surface area (Å²) >= 11 is 5.28. The fourth-order valence-electron chi connectivity index (χ4n) is 0.782. The third-order valence-electron chi connectivity index (χ3n) is 1.36. The Kier molecular flexibility index (Phi) is 2.63. The number of H-pyrrole nitrogens is 1. The normalized spacial score (nSPS) is 10.1. The van der Waals surface area contributed by atoms with E-state index in [9.17, 15) is 13.6 Å². The maximum Gasteiger partial charge on any atom is 0.268 e. The molecule has 1 aromatic heterocycles. The van der Waals surface area contributed by atoms with E-state index in [1.54, 1.807) is 6.07 Å². The van der Waals surface area contributed by atoms with Crippen LogP contribution in [0.5, 0.6) is 0 Å². The van der Waals surface area contributed by atoms with Crippen LogP contribution in [0.3, 0.4) is 0 Å². The SMILES string of the molecule is N#Cc1cc(C(F)F)c(Cl)c(=O)[nH]1. The molecule has 0 spiro atoms. The Hall–Kier alpha value is -1.41. The van der Waals surface area contributed by atoms with Gasteiger partial charge in [0.2, 0.25) is 0 Å². The van der Waals surface area contributed by atoms with Crippen LogP contribution in [0.1, 0.15) is 17.7 Å². The fraction of sp³-hybridized carbons (Fsp3) is 0.143. The highest BCUT2D eigenvalue weighted by atomic mass is 35.5. The molecule has 0 aliphatic heterocycles. The summed E-state index contributed by atoms with van der Waals surface area (Å²) < 4.78 is 24.4. The second-order valence-electron chi connectivity index (χ2n) is 2.19. The van der Waals surface area contributed by atoms with Crippen molar-refractivity contribution in [2.75, 3.05) is 0 Å². The molecule has 0 bridgehead atoms. The number of hydrogen-bond donors (Lipinski definition) is 1. The zero-order valence-corrected chi connectivity index (χ0v) is 6.90. The summed E-state index contributed by atoms with van der Waals surface area (Å²) in [5, 5.41) is 7.78. The van der Waals surface area contributed by atoms with Crippen molar-refractivity contribution in [1.29, 1.82) is 5.26 Å². The molecule has 1 N–H and O–H groups in total. The van der Waals surface area contributed by atoms with Crippen LogP contribution < -0.4 is 5.56 Å². The Balaban J connectivity index is 3.44. The smallest absolute Gasteiger partial charge is 0.268 e. The van der Waals surface area contributed by atoms with E-state index in [2.05, 4.69) is 0 Å². The molecule has 0 unspecified atom stereocenters.